The van der Waals surface area contributed by atoms with Crippen molar-refractivity contribution >= 4 is 23.5 Å². The Hall–Kier alpha value is -1.83. The van der Waals surface area contributed by atoms with Crippen molar-refractivity contribution in [1.29, 1.82) is 0 Å². The Morgan fingerprint density at radius 3 is 2.53 bits per heavy atom. The average molecular weight is 297 g/mol. The summed E-state index contributed by atoms with van der Waals surface area (Å²) in [5.41, 5.74) is -0.349. The molecule has 0 aliphatic rings. The molecule has 0 saturated heterocycles. The van der Waals surface area contributed by atoms with Crippen molar-refractivity contribution in [3.63, 3.8) is 0 Å². The maximum absolute atomic E-state index is 12.3. The molecule has 0 aromatic carbocycles. The van der Waals surface area contributed by atoms with E-state index in [9.17, 15) is 22.8 Å². The van der Waals surface area contributed by atoms with E-state index in [0.29, 0.717) is 0 Å². The van der Waals surface area contributed by atoms with Gasteiger partial charge in [0.2, 0.25) is 0 Å². The molecule has 1 aromatic heterocycles. The van der Waals surface area contributed by atoms with Crippen LogP contribution in [0.5, 0.6) is 0 Å². The zero-order valence-corrected chi connectivity index (χ0v) is 10.1. The lowest BCUT2D eigenvalue weighted by Gasteiger charge is -2.21. The third kappa shape index (κ3) is 5.12. The van der Waals surface area contributed by atoms with Gasteiger partial charge in [0.15, 0.2) is 0 Å². The summed E-state index contributed by atoms with van der Waals surface area (Å²) < 4.78 is 36.8. The molecule has 1 heterocycles. The standard InChI is InChI=1S/C10H8ClF3N2O3/c11-6-1-2-15-7(3-6)9(19)16(4-8(17)18)5-10(12,13)14/h1-3H,4-5H2,(H,17,18). The van der Waals surface area contributed by atoms with Crippen LogP contribution >= 0.6 is 11.6 Å². The average Bonchev–Trinajstić information content (AvgIpc) is 2.24. The van der Waals surface area contributed by atoms with Gasteiger partial charge in [-0.25, -0.2) is 0 Å². The van der Waals surface area contributed by atoms with Crippen LogP contribution in [0.4, 0.5) is 13.2 Å². The van der Waals surface area contributed by atoms with Crippen molar-refractivity contribution in [2.45, 2.75) is 6.18 Å². The first-order valence-electron chi connectivity index (χ1n) is 4.88. The summed E-state index contributed by atoms with van der Waals surface area (Å²) in [6, 6.07) is 2.40. The predicted octanol–water partition coefficient (Wildman–Crippen LogP) is 1.82. The molecular formula is C10H8ClF3N2O3. The number of carboxylic acid groups (broad SMARTS) is 1. The monoisotopic (exact) mass is 296 g/mol. The number of carbonyl (C=O) groups excluding carboxylic acids is 1. The molecule has 0 saturated carbocycles. The number of hydrogen-bond donors (Lipinski definition) is 1. The maximum Gasteiger partial charge on any atom is 0.406 e. The van der Waals surface area contributed by atoms with Gasteiger partial charge in [0.1, 0.15) is 18.8 Å². The lowest BCUT2D eigenvalue weighted by atomic mass is 10.3. The van der Waals surface area contributed by atoms with Crippen molar-refractivity contribution in [1.82, 2.24) is 9.88 Å². The van der Waals surface area contributed by atoms with E-state index in [0.717, 1.165) is 12.3 Å². The Labute approximate surface area is 110 Å². The van der Waals surface area contributed by atoms with Gasteiger partial charge in [0, 0.05) is 11.2 Å². The summed E-state index contributed by atoms with van der Waals surface area (Å²) >= 11 is 5.58. The fourth-order valence-corrected chi connectivity index (χ4v) is 1.42. The number of pyridine rings is 1. The number of carboxylic acids is 1. The molecule has 0 spiro atoms. The summed E-state index contributed by atoms with van der Waals surface area (Å²) in [6.07, 6.45) is -3.56. The van der Waals surface area contributed by atoms with Gasteiger partial charge in [-0.15, -0.1) is 0 Å². The summed E-state index contributed by atoms with van der Waals surface area (Å²) in [5.74, 6) is -2.71. The normalized spacial score (nSPS) is 11.2. The van der Waals surface area contributed by atoms with E-state index in [1.807, 2.05) is 0 Å². The second kappa shape index (κ2) is 5.87. The van der Waals surface area contributed by atoms with Gasteiger partial charge in [-0.1, -0.05) is 11.6 Å². The summed E-state index contributed by atoms with van der Waals surface area (Å²) in [6.45, 7) is -2.75. The minimum absolute atomic E-state index is 0.112. The zero-order valence-electron chi connectivity index (χ0n) is 9.32. The molecule has 0 fully saturated rings. The molecule has 1 aromatic rings. The zero-order chi connectivity index (χ0) is 14.6. The van der Waals surface area contributed by atoms with Crippen LogP contribution in [0.2, 0.25) is 5.02 Å². The topological polar surface area (TPSA) is 70.5 Å². The summed E-state index contributed by atoms with van der Waals surface area (Å²) in [5, 5.41) is 8.64. The minimum Gasteiger partial charge on any atom is -0.480 e. The van der Waals surface area contributed by atoms with Gasteiger partial charge < -0.3 is 10.0 Å². The van der Waals surface area contributed by atoms with Crippen LogP contribution in [0, 0.1) is 0 Å². The Morgan fingerprint density at radius 1 is 1.42 bits per heavy atom. The largest absolute Gasteiger partial charge is 0.480 e. The molecule has 104 valence electrons. The van der Waals surface area contributed by atoms with Crippen molar-refractivity contribution in [2.24, 2.45) is 0 Å². The number of rotatable bonds is 4. The first-order chi connectivity index (χ1) is 8.69. The Morgan fingerprint density at radius 2 is 2.05 bits per heavy atom. The third-order valence-corrected chi connectivity index (χ3v) is 2.16. The molecule has 1 N–H and O–H groups in total. The predicted molar refractivity (Wildman–Crippen MR) is 58.8 cm³/mol. The molecular weight excluding hydrogens is 289 g/mol. The van der Waals surface area contributed by atoms with Crippen molar-refractivity contribution in [3.05, 3.63) is 29.0 Å². The number of aromatic nitrogens is 1. The fourth-order valence-electron chi connectivity index (χ4n) is 1.26. The van der Waals surface area contributed by atoms with Crippen LogP contribution in [-0.2, 0) is 4.79 Å². The van der Waals surface area contributed by atoms with Gasteiger partial charge in [-0.3, -0.25) is 14.6 Å². The van der Waals surface area contributed by atoms with Crippen LogP contribution in [0.15, 0.2) is 18.3 Å². The quantitative estimate of drug-likeness (QED) is 0.920. The molecule has 19 heavy (non-hydrogen) atoms. The van der Waals surface area contributed by atoms with Crippen LogP contribution < -0.4 is 0 Å². The van der Waals surface area contributed by atoms with Crippen LogP contribution in [0.25, 0.3) is 0 Å². The van der Waals surface area contributed by atoms with Crippen molar-refractivity contribution < 1.29 is 27.9 Å². The van der Waals surface area contributed by atoms with Crippen molar-refractivity contribution in [2.75, 3.05) is 13.1 Å². The molecule has 0 atom stereocenters. The van der Waals surface area contributed by atoms with Gasteiger partial charge >= 0.3 is 12.1 Å². The summed E-state index contributed by atoms with van der Waals surface area (Å²) in [4.78, 5) is 25.9. The Bertz CT molecular complexity index is 493. The molecule has 0 aliphatic heterocycles. The van der Waals surface area contributed by atoms with Gasteiger partial charge in [0.05, 0.1) is 0 Å². The molecule has 0 radical (unpaired) electrons. The number of carbonyl (C=O) groups is 2. The molecule has 1 amide bonds. The maximum atomic E-state index is 12.3. The van der Waals surface area contributed by atoms with E-state index < -0.39 is 31.1 Å². The Kier molecular flexibility index (Phi) is 4.71. The SMILES string of the molecule is O=C(O)CN(CC(F)(F)F)C(=O)c1cc(Cl)ccn1. The van der Waals surface area contributed by atoms with E-state index in [-0.39, 0.29) is 15.6 Å². The first-order valence-corrected chi connectivity index (χ1v) is 5.26. The Balaban J connectivity index is 2.97. The van der Waals surface area contributed by atoms with Crippen LogP contribution in [0.1, 0.15) is 10.5 Å². The first kappa shape index (κ1) is 15.2. The molecule has 0 aliphatic carbocycles. The highest BCUT2D eigenvalue weighted by Gasteiger charge is 2.34. The third-order valence-electron chi connectivity index (χ3n) is 1.92. The number of nitrogens with zero attached hydrogens (tertiary/aromatic N) is 2. The second-order valence-electron chi connectivity index (χ2n) is 3.53. The minimum atomic E-state index is -4.70. The molecule has 9 heteroatoms. The molecule has 0 bridgehead atoms. The highest BCUT2D eigenvalue weighted by molar-refractivity contribution is 6.30. The number of halogens is 4. The van der Waals surface area contributed by atoms with Gasteiger partial charge in [0.25, 0.3) is 5.91 Å². The van der Waals surface area contributed by atoms with E-state index >= 15 is 0 Å². The van der Waals surface area contributed by atoms with E-state index in [1.54, 1.807) is 0 Å². The smallest absolute Gasteiger partial charge is 0.406 e. The summed E-state index contributed by atoms with van der Waals surface area (Å²) in [7, 11) is 0. The van der Waals surface area contributed by atoms with E-state index in [2.05, 4.69) is 4.98 Å². The van der Waals surface area contributed by atoms with Crippen LogP contribution in [0.3, 0.4) is 0 Å². The number of amides is 1. The highest BCUT2D eigenvalue weighted by atomic mass is 35.5. The molecule has 1 rings (SSSR count). The van der Waals surface area contributed by atoms with Gasteiger partial charge in [-0.05, 0) is 12.1 Å². The number of hydrogen-bond acceptors (Lipinski definition) is 3. The highest BCUT2D eigenvalue weighted by Crippen LogP contribution is 2.18. The number of aliphatic carboxylic acids is 1. The number of alkyl halides is 3. The van der Waals surface area contributed by atoms with Gasteiger partial charge in [-0.2, -0.15) is 13.2 Å². The second-order valence-corrected chi connectivity index (χ2v) is 3.97. The van der Waals surface area contributed by atoms with E-state index in [4.69, 9.17) is 16.7 Å². The molecule has 0 unspecified atom stereocenters. The fraction of sp³-hybridized carbons (Fsp3) is 0.300. The lowest BCUT2D eigenvalue weighted by Crippen LogP contribution is -2.42. The van der Waals surface area contributed by atoms with E-state index in [1.165, 1.54) is 6.07 Å². The van der Waals surface area contributed by atoms with Crippen molar-refractivity contribution in [3.8, 4) is 0 Å². The van der Waals surface area contributed by atoms with Crippen LogP contribution in [-0.4, -0.2) is 46.1 Å². The lowest BCUT2D eigenvalue weighted by molar-refractivity contribution is -0.149. The molecule has 5 nitrogen and oxygen atoms in total.